The van der Waals surface area contributed by atoms with Crippen molar-refractivity contribution in [1.29, 1.82) is 0 Å². The molecular weight excluding hydrogens is 241 g/mol. The molecule has 2 aromatic carbocycles. The molecule has 0 amide bonds. The van der Waals surface area contributed by atoms with Crippen LogP contribution < -0.4 is 11.0 Å². The molecule has 2 rings (SSSR count). The monoisotopic (exact) mass is 259 g/mol. The second-order valence-corrected chi connectivity index (χ2v) is 8.05. The number of hydrogen-bond donors (Lipinski definition) is 1. The van der Waals surface area contributed by atoms with E-state index in [9.17, 15) is 4.57 Å². The van der Waals surface area contributed by atoms with Crippen molar-refractivity contribution < 1.29 is 4.57 Å². The Kier molecular flexibility index (Phi) is 3.70. The van der Waals surface area contributed by atoms with Crippen LogP contribution in [0.1, 0.15) is 17.2 Å². The molecule has 0 aliphatic rings. The maximum atomic E-state index is 11.9. The fraction of sp³-hybridized carbons (Fsp3) is 0.200. The normalized spacial score (nSPS) is 13.3. The Labute approximate surface area is 108 Å². The van der Waals surface area contributed by atoms with Crippen LogP contribution in [0.15, 0.2) is 54.6 Å². The summed E-state index contributed by atoms with van der Waals surface area (Å²) in [5.41, 5.74) is 8.33. The lowest BCUT2D eigenvalue weighted by molar-refractivity contribution is 0.588. The highest BCUT2D eigenvalue weighted by Crippen LogP contribution is 2.34. The van der Waals surface area contributed by atoms with Gasteiger partial charge in [0.2, 0.25) is 0 Å². The molecule has 18 heavy (non-hydrogen) atoms. The van der Waals surface area contributed by atoms with Gasteiger partial charge in [0, 0.05) is 5.30 Å². The van der Waals surface area contributed by atoms with E-state index in [1.165, 1.54) is 0 Å². The molecule has 0 heterocycles. The standard InChI is InChI=1S/C15H18NOP/c1-18(2,17)14-10-8-13(9-11-14)15(16)12-6-4-3-5-7-12/h3-11,15H,16H2,1-2H3/t15-/m0/s1. The molecule has 0 fully saturated rings. The topological polar surface area (TPSA) is 43.1 Å². The van der Waals surface area contributed by atoms with Gasteiger partial charge in [0.25, 0.3) is 0 Å². The zero-order chi connectivity index (χ0) is 13.2. The molecule has 0 aromatic heterocycles. The van der Waals surface area contributed by atoms with Crippen LogP contribution in [0, 0.1) is 0 Å². The van der Waals surface area contributed by atoms with Gasteiger partial charge in [-0.2, -0.15) is 0 Å². The molecule has 0 saturated heterocycles. The first-order chi connectivity index (χ1) is 8.48. The molecule has 0 radical (unpaired) electrons. The van der Waals surface area contributed by atoms with Crippen molar-refractivity contribution in [2.24, 2.45) is 5.73 Å². The molecule has 2 N–H and O–H groups in total. The zero-order valence-corrected chi connectivity index (χ0v) is 11.6. The summed E-state index contributed by atoms with van der Waals surface area (Å²) in [5.74, 6) is 0. The van der Waals surface area contributed by atoms with Crippen LogP contribution >= 0.6 is 7.14 Å². The molecule has 1 atom stereocenters. The Morgan fingerprint density at radius 2 is 1.39 bits per heavy atom. The quantitative estimate of drug-likeness (QED) is 0.861. The first-order valence-electron chi connectivity index (χ1n) is 5.94. The van der Waals surface area contributed by atoms with E-state index in [4.69, 9.17) is 5.73 Å². The van der Waals surface area contributed by atoms with Crippen LogP contribution in [0.25, 0.3) is 0 Å². The average molecular weight is 259 g/mol. The number of rotatable bonds is 3. The minimum atomic E-state index is -2.18. The Morgan fingerprint density at radius 3 is 1.89 bits per heavy atom. The Hall–Kier alpha value is -1.37. The van der Waals surface area contributed by atoms with Crippen LogP contribution in [0.4, 0.5) is 0 Å². The summed E-state index contributed by atoms with van der Waals surface area (Å²) in [6.45, 7) is 3.55. The Morgan fingerprint density at radius 1 is 0.889 bits per heavy atom. The molecular formula is C15H18NOP. The van der Waals surface area contributed by atoms with Crippen molar-refractivity contribution >= 4 is 12.4 Å². The van der Waals surface area contributed by atoms with E-state index in [1.54, 1.807) is 13.3 Å². The van der Waals surface area contributed by atoms with Crippen molar-refractivity contribution in [2.75, 3.05) is 13.3 Å². The molecule has 0 unspecified atom stereocenters. The van der Waals surface area contributed by atoms with Gasteiger partial charge in [-0.1, -0.05) is 54.6 Å². The van der Waals surface area contributed by atoms with E-state index < -0.39 is 7.14 Å². The minimum absolute atomic E-state index is 0.131. The summed E-state index contributed by atoms with van der Waals surface area (Å²) in [4.78, 5) is 0. The summed E-state index contributed by atoms with van der Waals surface area (Å²) in [6.07, 6.45) is 0. The highest BCUT2D eigenvalue weighted by molar-refractivity contribution is 7.70. The smallest absolute Gasteiger partial charge is 0.109 e. The summed E-state index contributed by atoms with van der Waals surface area (Å²) < 4.78 is 11.9. The molecule has 2 aromatic rings. The van der Waals surface area contributed by atoms with Crippen molar-refractivity contribution in [2.45, 2.75) is 6.04 Å². The summed E-state index contributed by atoms with van der Waals surface area (Å²) in [7, 11) is -2.18. The first kappa shape index (κ1) is 13.1. The lowest BCUT2D eigenvalue weighted by Crippen LogP contribution is -2.13. The molecule has 3 heteroatoms. The average Bonchev–Trinajstić information content (AvgIpc) is 2.38. The van der Waals surface area contributed by atoms with E-state index in [-0.39, 0.29) is 6.04 Å². The van der Waals surface area contributed by atoms with Crippen LogP contribution in [0.3, 0.4) is 0 Å². The molecule has 2 nitrogen and oxygen atoms in total. The van der Waals surface area contributed by atoms with Gasteiger partial charge in [-0.05, 0) is 24.5 Å². The zero-order valence-electron chi connectivity index (χ0n) is 10.7. The SMILES string of the molecule is CP(C)(=O)c1ccc([C@@H](N)c2ccccc2)cc1. The number of nitrogens with two attached hydrogens (primary N) is 1. The first-order valence-corrected chi connectivity index (χ1v) is 8.54. The maximum Gasteiger partial charge on any atom is 0.109 e. The van der Waals surface area contributed by atoms with Crippen molar-refractivity contribution in [3.05, 3.63) is 65.7 Å². The van der Waals surface area contributed by atoms with Gasteiger partial charge in [0.05, 0.1) is 6.04 Å². The Balaban J connectivity index is 2.28. The van der Waals surface area contributed by atoms with Crippen LogP contribution in [-0.2, 0) is 4.57 Å². The van der Waals surface area contributed by atoms with Crippen LogP contribution in [-0.4, -0.2) is 13.3 Å². The van der Waals surface area contributed by atoms with Crippen molar-refractivity contribution in [3.63, 3.8) is 0 Å². The third kappa shape index (κ3) is 2.90. The predicted octanol–water partition coefficient (Wildman–Crippen LogP) is 2.98. The van der Waals surface area contributed by atoms with E-state index in [2.05, 4.69) is 0 Å². The van der Waals surface area contributed by atoms with Gasteiger partial charge < -0.3 is 10.3 Å². The van der Waals surface area contributed by atoms with E-state index in [0.29, 0.717) is 0 Å². The second-order valence-electron chi connectivity index (χ2n) is 4.83. The van der Waals surface area contributed by atoms with Crippen LogP contribution in [0.2, 0.25) is 0 Å². The largest absolute Gasteiger partial charge is 0.320 e. The predicted molar refractivity (Wildman–Crippen MR) is 78.0 cm³/mol. The fourth-order valence-electron chi connectivity index (χ4n) is 1.89. The summed E-state index contributed by atoms with van der Waals surface area (Å²) in [5, 5.41) is 0.895. The number of benzene rings is 2. The maximum absolute atomic E-state index is 11.9. The van der Waals surface area contributed by atoms with Gasteiger partial charge in [0.1, 0.15) is 7.14 Å². The molecule has 94 valence electrons. The molecule has 0 aliphatic carbocycles. The highest BCUT2D eigenvalue weighted by atomic mass is 31.2. The Bertz CT molecular complexity index is 557. The highest BCUT2D eigenvalue weighted by Gasteiger charge is 2.12. The third-order valence-corrected chi connectivity index (χ3v) is 4.57. The van der Waals surface area contributed by atoms with Gasteiger partial charge in [0.15, 0.2) is 0 Å². The molecule has 0 spiro atoms. The molecule has 0 aliphatic heterocycles. The lowest BCUT2D eigenvalue weighted by atomic mass is 10.00. The van der Waals surface area contributed by atoms with Crippen molar-refractivity contribution in [3.8, 4) is 0 Å². The third-order valence-electron chi connectivity index (χ3n) is 3.03. The summed E-state index contributed by atoms with van der Waals surface area (Å²) >= 11 is 0. The molecule has 0 bridgehead atoms. The summed E-state index contributed by atoms with van der Waals surface area (Å²) in [6, 6.07) is 17.6. The van der Waals surface area contributed by atoms with Gasteiger partial charge in [-0.15, -0.1) is 0 Å². The van der Waals surface area contributed by atoms with E-state index in [0.717, 1.165) is 16.4 Å². The van der Waals surface area contributed by atoms with Crippen molar-refractivity contribution in [1.82, 2.24) is 0 Å². The lowest BCUT2D eigenvalue weighted by Gasteiger charge is -2.14. The fourth-order valence-corrected chi connectivity index (χ4v) is 2.76. The van der Waals surface area contributed by atoms with Crippen LogP contribution in [0.5, 0.6) is 0 Å². The van der Waals surface area contributed by atoms with Gasteiger partial charge >= 0.3 is 0 Å². The second kappa shape index (κ2) is 5.09. The van der Waals surface area contributed by atoms with E-state index in [1.807, 2.05) is 54.6 Å². The number of hydrogen-bond acceptors (Lipinski definition) is 2. The van der Waals surface area contributed by atoms with Gasteiger partial charge in [-0.3, -0.25) is 0 Å². The van der Waals surface area contributed by atoms with Gasteiger partial charge in [-0.25, -0.2) is 0 Å². The molecule has 0 saturated carbocycles. The van der Waals surface area contributed by atoms with E-state index >= 15 is 0 Å². The minimum Gasteiger partial charge on any atom is -0.320 e.